The molecule has 40 heavy (non-hydrogen) atoms. The Bertz CT molecular complexity index is 1480. The number of nitriles is 1. The van der Waals surface area contributed by atoms with Crippen LogP contribution in [-0.4, -0.2) is 29.0 Å². The lowest BCUT2D eigenvalue weighted by molar-refractivity contribution is -0.173. The van der Waals surface area contributed by atoms with Crippen LogP contribution >= 0.6 is 27.3 Å². The second-order valence-electron chi connectivity index (χ2n) is 11.3. The second-order valence-corrected chi connectivity index (χ2v) is 13.2. The van der Waals surface area contributed by atoms with Gasteiger partial charge in [-0.1, -0.05) is 32.9 Å². The minimum Gasteiger partial charge on any atom is -0.497 e. The number of methoxy groups -OCH3 is 1. The van der Waals surface area contributed by atoms with Gasteiger partial charge in [-0.05, 0) is 69.8 Å². The number of anilines is 2. The molecule has 0 spiro atoms. The number of halogens is 4. The summed E-state index contributed by atoms with van der Waals surface area (Å²) in [6, 6.07) is 6.43. The van der Waals surface area contributed by atoms with Gasteiger partial charge in [-0.25, -0.2) is 4.68 Å². The molecule has 1 aliphatic carbocycles. The van der Waals surface area contributed by atoms with Crippen molar-refractivity contribution >= 4 is 44.0 Å². The van der Waals surface area contributed by atoms with Crippen LogP contribution in [0.1, 0.15) is 77.8 Å². The molecule has 0 saturated carbocycles. The van der Waals surface area contributed by atoms with Gasteiger partial charge < -0.3 is 15.4 Å². The molecule has 212 valence electrons. The number of aromatic nitrogens is 2. The molecule has 0 saturated heterocycles. The molecule has 1 aliphatic heterocycles. The standard InChI is InChI=1S/C28H29BrF3N5O2S/c1-27(2,3)15-7-10-17-18(13-33)26(40-20(17)11-15)35-25(38)23-22(29)24-34-19(14-5-8-16(39-4)9-6-14)12-21(28(30,31)32)37(24)36-23/h5-6,8-9,15,19,21,34H,7,10-12H2,1-4H3,(H,35,38)/t15-,19+,21+/m1/s1. The second kappa shape index (κ2) is 10.4. The number of hydrogen-bond donors (Lipinski definition) is 2. The van der Waals surface area contributed by atoms with Gasteiger partial charge in [0.1, 0.15) is 22.6 Å². The van der Waals surface area contributed by atoms with Crippen LogP contribution in [0.25, 0.3) is 0 Å². The Hall–Kier alpha value is -3.04. The highest BCUT2D eigenvalue weighted by molar-refractivity contribution is 9.10. The Balaban J connectivity index is 1.45. The smallest absolute Gasteiger partial charge is 0.410 e. The number of thiophene rings is 1. The summed E-state index contributed by atoms with van der Waals surface area (Å²) in [6.07, 6.45) is -2.37. The highest BCUT2D eigenvalue weighted by atomic mass is 79.9. The molecule has 0 unspecified atom stereocenters. The van der Waals surface area contributed by atoms with E-state index in [9.17, 15) is 23.2 Å². The third-order valence-electron chi connectivity index (χ3n) is 7.86. The molecule has 2 aliphatic rings. The molecular weight excluding hydrogens is 607 g/mol. The van der Waals surface area contributed by atoms with Gasteiger partial charge in [0.05, 0.1) is 23.2 Å². The highest BCUT2D eigenvalue weighted by Gasteiger charge is 2.48. The molecule has 7 nitrogen and oxygen atoms in total. The predicted molar refractivity (Wildman–Crippen MR) is 151 cm³/mol. The zero-order chi connectivity index (χ0) is 29.0. The van der Waals surface area contributed by atoms with Crippen LogP contribution in [0.3, 0.4) is 0 Å². The lowest BCUT2D eigenvalue weighted by Crippen LogP contribution is -2.35. The summed E-state index contributed by atoms with van der Waals surface area (Å²) in [5.41, 5.74) is 1.95. The fourth-order valence-corrected chi connectivity index (χ4v) is 7.31. The SMILES string of the molecule is COc1ccc([C@@H]2C[C@@H](C(F)(F)F)n3nc(C(=O)Nc4sc5c(c4C#N)CC[C@@H](C(C)(C)C)C5)c(Br)c3N2)cc1. The molecule has 0 bridgehead atoms. The van der Waals surface area contributed by atoms with E-state index in [2.05, 4.69) is 58.5 Å². The predicted octanol–water partition coefficient (Wildman–Crippen LogP) is 7.65. The fraction of sp³-hybridized carbons (Fsp3) is 0.464. The first-order valence-electron chi connectivity index (χ1n) is 12.9. The number of rotatable bonds is 4. The van der Waals surface area contributed by atoms with Crippen LogP contribution in [0.2, 0.25) is 0 Å². The number of alkyl halides is 3. The summed E-state index contributed by atoms with van der Waals surface area (Å²) >= 11 is 4.70. The van der Waals surface area contributed by atoms with Crippen molar-refractivity contribution in [3.05, 3.63) is 56.0 Å². The molecule has 1 aromatic carbocycles. The van der Waals surface area contributed by atoms with E-state index < -0.39 is 24.2 Å². The van der Waals surface area contributed by atoms with Crippen molar-refractivity contribution in [1.82, 2.24) is 9.78 Å². The maximum atomic E-state index is 14.2. The van der Waals surface area contributed by atoms with Gasteiger partial charge >= 0.3 is 6.18 Å². The number of hydrogen-bond acceptors (Lipinski definition) is 6. The van der Waals surface area contributed by atoms with E-state index in [1.807, 2.05) is 0 Å². The normalized spacial score (nSPS) is 20.6. The van der Waals surface area contributed by atoms with Gasteiger partial charge in [0.25, 0.3) is 5.91 Å². The molecule has 5 rings (SSSR count). The summed E-state index contributed by atoms with van der Waals surface area (Å²) in [5, 5.41) is 20.3. The Morgan fingerprint density at radius 1 is 1.27 bits per heavy atom. The monoisotopic (exact) mass is 635 g/mol. The molecule has 3 aromatic rings. The summed E-state index contributed by atoms with van der Waals surface area (Å²) in [7, 11) is 1.52. The lowest BCUT2D eigenvalue weighted by atomic mass is 9.72. The molecular formula is C28H29BrF3N5O2S. The molecule has 2 N–H and O–H groups in total. The summed E-state index contributed by atoms with van der Waals surface area (Å²) in [4.78, 5) is 14.5. The zero-order valence-electron chi connectivity index (χ0n) is 22.4. The maximum absolute atomic E-state index is 14.2. The Labute approximate surface area is 242 Å². The first kappa shape index (κ1) is 28.5. The Morgan fingerprint density at radius 3 is 2.58 bits per heavy atom. The van der Waals surface area contributed by atoms with Crippen LogP contribution in [0.15, 0.2) is 28.7 Å². The van der Waals surface area contributed by atoms with E-state index in [1.54, 1.807) is 24.3 Å². The fourth-order valence-electron chi connectivity index (χ4n) is 5.48. The molecule has 3 atom stereocenters. The van der Waals surface area contributed by atoms with Crippen molar-refractivity contribution < 1.29 is 22.7 Å². The van der Waals surface area contributed by atoms with Crippen molar-refractivity contribution in [3.63, 3.8) is 0 Å². The van der Waals surface area contributed by atoms with Gasteiger partial charge in [-0.2, -0.15) is 23.5 Å². The molecule has 3 heterocycles. The minimum atomic E-state index is -4.59. The molecule has 0 fully saturated rings. The van der Waals surface area contributed by atoms with Crippen LogP contribution in [0.5, 0.6) is 5.75 Å². The van der Waals surface area contributed by atoms with Gasteiger partial charge in [-0.3, -0.25) is 4.79 Å². The highest BCUT2D eigenvalue weighted by Crippen LogP contribution is 2.47. The van der Waals surface area contributed by atoms with E-state index in [0.717, 1.165) is 34.4 Å². The summed E-state index contributed by atoms with van der Waals surface area (Å²) < 4.78 is 48.7. The van der Waals surface area contributed by atoms with E-state index in [4.69, 9.17) is 4.74 Å². The number of fused-ring (bicyclic) bond motifs is 2. The molecule has 12 heteroatoms. The maximum Gasteiger partial charge on any atom is 0.410 e. The number of ether oxygens (including phenoxy) is 1. The van der Waals surface area contributed by atoms with E-state index >= 15 is 0 Å². The Kier molecular flexibility index (Phi) is 7.42. The minimum absolute atomic E-state index is 0.0681. The quantitative estimate of drug-likeness (QED) is 0.307. The largest absolute Gasteiger partial charge is 0.497 e. The van der Waals surface area contributed by atoms with Crippen LogP contribution < -0.4 is 15.4 Å². The van der Waals surface area contributed by atoms with Crippen molar-refractivity contribution in [1.29, 1.82) is 5.26 Å². The third kappa shape index (κ3) is 5.21. The number of carbonyl (C=O) groups is 1. The lowest BCUT2D eigenvalue weighted by Gasteiger charge is -2.33. The summed E-state index contributed by atoms with van der Waals surface area (Å²) in [6.45, 7) is 6.59. The zero-order valence-corrected chi connectivity index (χ0v) is 24.9. The first-order valence-corrected chi connectivity index (χ1v) is 14.5. The van der Waals surface area contributed by atoms with Crippen molar-refractivity contribution in [2.24, 2.45) is 11.3 Å². The van der Waals surface area contributed by atoms with E-state index in [-0.39, 0.29) is 27.8 Å². The van der Waals surface area contributed by atoms with Crippen molar-refractivity contribution in [2.45, 2.75) is 64.7 Å². The van der Waals surface area contributed by atoms with Gasteiger partial charge in [0.15, 0.2) is 11.7 Å². The number of carbonyl (C=O) groups excluding carboxylic acids is 1. The summed E-state index contributed by atoms with van der Waals surface area (Å²) in [5.74, 6) is 0.434. The van der Waals surface area contributed by atoms with Gasteiger partial charge in [0.2, 0.25) is 0 Å². The topological polar surface area (TPSA) is 92.0 Å². The molecule has 1 amide bonds. The molecule has 0 radical (unpaired) electrons. The van der Waals surface area contributed by atoms with Gasteiger partial charge in [0, 0.05) is 11.3 Å². The Morgan fingerprint density at radius 2 is 1.98 bits per heavy atom. The average molecular weight is 637 g/mol. The van der Waals surface area contributed by atoms with Crippen molar-refractivity contribution in [2.75, 3.05) is 17.7 Å². The number of nitrogens with zero attached hydrogens (tertiary/aromatic N) is 3. The first-order chi connectivity index (χ1) is 18.8. The van der Waals surface area contributed by atoms with Crippen LogP contribution in [0, 0.1) is 22.7 Å². The number of amides is 1. The van der Waals surface area contributed by atoms with E-state index in [0.29, 0.717) is 27.8 Å². The average Bonchev–Trinajstić information content (AvgIpc) is 3.43. The van der Waals surface area contributed by atoms with Crippen LogP contribution in [0.4, 0.5) is 24.0 Å². The van der Waals surface area contributed by atoms with Crippen molar-refractivity contribution in [3.8, 4) is 11.8 Å². The third-order valence-corrected chi connectivity index (χ3v) is 9.78. The molecule has 2 aromatic heterocycles. The van der Waals surface area contributed by atoms with E-state index in [1.165, 1.54) is 18.4 Å². The number of nitrogens with one attached hydrogen (secondary N) is 2. The van der Waals surface area contributed by atoms with Gasteiger partial charge in [-0.15, -0.1) is 11.3 Å². The number of benzene rings is 1. The van der Waals surface area contributed by atoms with Crippen LogP contribution in [-0.2, 0) is 12.8 Å².